The third-order valence-electron chi connectivity index (χ3n) is 7.72. The molecule has 0 bridgehead atoms. The third kappa shape index (κ3) is 5.56. The molecule has 0 N–H and O–H groups in total. The molecule has 0 spiro atoms. The molecule has 6 rings (SSSR count). The van der Waals surface area contributed by atoms with E-state index in [0.29, 0.717) is 39.1 Å². The molecule has 3 heterocycles. The van der Waals surface area contributed by atoms with Crippen LogP contribution < -0.4 is 9.64 Å². The van der Waals surface area contributed by atoms with Gasteiger partial charge in [0.15, 0.2) is 0 Å². The van der Waals surface area contributed by atoms with Gasteiger partial charge in [-0.3, -0.25) is 4.79 Å². The molecule has 40 heavy (non-hydrogen) atoms. The molecule has 0 aliphatic carbocycles. The van der Waals surface area contributed by atoms with Crippen molar-refractivity contribution in [1.29, 1.82) is 0 Å². The average Bonchev–Trinajstić information content (AvgIpc) is 3.02. The number of hydrogen-bond donors (Lipinski definition) is 0. The zero-order chi connectivity index (χ0) is 27.3. The Labute approximate surface area is 235 Å². The molecule has 4 aromatic rings. The van der Waals surface area contributed by atoms with Crippen molar-refractivity contribution >= 4 is 11.7 Å². The Kier molecular flexibility index (Phi) is 7.73. The smallest absolute Gasteiger partial charge is 0.234 e. The van der Waals surface area contributed by atoms with Gasteiger partial charge in [-0.1, -0.05) is 72.8 Å². The molecular formula is C33H34N4O3. The lowest BCUT2D eigenvalue weighted by Gasteiger charge is -2.36. The first-order valence-electron chi connectivity index (χ1n) is 13.9. The third-order valence-corrected chi connectivity index (χ3v) is 7.72. The van der Waals surface area contributed by atoms with Crippen LogP contribution in [0.1, 0.15) is 39.7 Å². The van der Waals surface area contributed by atoms with E-state index < -0.39 is 0 Å². The van der Waals surface area contributed by atoms with E-state index in [4.69, 9.17) is 19.4 Å². The fourth-order valence-corrected chi connectivity index (χ4v) is 5.67. The summed E-state index contributed by atoms with van der Waals surface area (Å²) in [6.07, 6.45) is 1.32. The first kappa shape index (κ1) is 26.0. The van der Waals surface area contributed by atoms with Gasteiger partial charge in [0.1, 0.15) is 17.4 Å². The van der Waals surface area contributed by atoms with Crippen molar-refractivity contribution in [1.82, 2.24) is 14.9 Å². The van der Waals surface area contributed by atoms with E-state index in [9.17, 15) is 4.79 Å². The van der Waals surface area contributed by atoms with Crippen molar-refractivity contribution in [2.45, 2.75) is 25.3 Å². The Balaban J connectivity index is 1.33. The molecule has 0 atom stereocenters. The normalized spacial score (nSPS) is 15.2. The fraction of sp³-hybridized carbons (Fsp3) is 0.303. The number of nitrogens with zero attached hydrogens (tertiary/aromatic N) is 4. The quantitative estimate of drug-likeness (QED) is 0.345. The van der Waals surface area contributed by atoms with Gasteiger partial charge in [-0.25, -0.2) is 9.97 Å². The minimum Gasteiger partial charge on any atom is -0.497 e. The number of benzene rings is 3. The molecule has 1 amide bonds. The van der Waals surface area contributed by atoms with Crippen LogP contribution in [0.3, 0.4) is 0 Å². The second-order valence-corrected chi connectivity index (χ2v) is 10.3. The molecule has 2 aliphatic heterocycles. The lowest BCUT2D eigenvalue weighted by Crippen LogP contribution is -2.42. The molecule has 0 saturated carbocycles. The Morgan fingerprint density at radius 1 is 0.900 bits per heavy atom. The standard InChI is InChI=1S/C33H34N4O3/c1-39-27-14-8-9-24(21-27)22-30-34-29-15-16-37(23-28(29)32(35-30)36-17-19-40-20-18-36)33(38)31(25-10-4-2-5-11-25)26-12-6-3-7-13-26/h2-14,21,31H,15-20,22-23H2,1H3. The average molecular weight is 535 g/mol. The zero-order valence-electron chi connectivity index (χ0n) is 22.8. The van der Waals surface area contributed by atoms with Gasteiger partial charge in [0.25, 0.3) is 0 Å². The highest BCUT2D eigenvalue weighted by Crippen LogP contribution is 2.32. The number of hydrogen-bond acceptors (Lipinski definition) is 6. The first-order valence-corrected chi connectivity index (χ1v) is 13.9. The Hall–Kier alpha value is -4.23. The lowest BCUT2D eigenvalue weighted by atomic mass is 9.89. The van der Waals surface area contributed by atoms with Crippen LogP contribution in [0.5, 0.6) is 5.75 Å². The number of rotatable bonds is 7. The van der Waals surface area contributed by atoms with E-state index in [1.165, 1.54) is 0 Å². The summed E-state index contributed by atoms with van der Waals surface area (Å²) in [6.45, 7) is 3.99. The summed E-state index contributed by atoms with van der Waals surface area (Å²) >= 11 is 0. The molecule has 1 saturated heterocycles. The Morgan fingerprint density at radius 3 is 2.27 bits per heavy atom. The van der Waals surface area contributed by atoms with E-state index in [2.05, 4.69) is 11.0 Å². The summed E-state index contributed by atoms with van der Waals surface area (Å²) in [5, 5.41) is 0. The highest BCUT2D eigenvalue weighted by Gasteiger charge is 2.33. The van der Waals surface area contributed by atoms with Gasteiger partial charge in [0.2, 0.25) is 5.91 Å². The number of anilines is 1. The summed E-state index contributed by atoms with van der Waals surface area (Å²) in [5.74, 6) is 2.30. The second kappa shape index (κ2) is 11.9. The van der Waals surface area contributed by atoms with Gasteiger partial charge in [-0.15, -0.1) is 0 Å². The van der Waals surface area contributed by atoms with Crippen molar-refractivity contribution in [2.24, 2.45) is 0 Å². The van der Waals surface area contributed by atoms with Crippen molar-refractivity contribution < 1.29 is 14.3 Å². The second-order valence-electron chi connectivity index (χ2n) is 10.3. The van der Waals surface area contributed by atoms with E-state index in [0.717, 1.165) is 58.4 Å². The number of fused-ring (bicyclic) bond motifs is 1. The van der Waals surface area contributed by atoms with Crippen molar-refractivity contribution in [2.75, 3.05) is 44.9 Å². The van der Waals surface area contributed by atoms with E-state index >= 15 is 0 Å². The van der Waals surface area contributed by atoms with Crippen LogP contribution in [0.2, 0.25) is 0 Å². The lowest BCUT2D eigenvalue weighted by molar-refractivity contribution is -0.132. The van der Waals surface area contributed by atoms with Gasteiger partial charge in [0.05, 0.1) is 38.5 Å². The van der Waals surface area contributed by atoms with Crippen LogP contribution >= 0.6 is 0 Å². The molecule has 3 aromatic carbocycles. The largest absolute Gasteiger partial charge is 0.497 e. The molecule has 1 fully saturated rings. The van der Waals surface area contributed by atoms with Crippen LogP contribution in [-0.2, 0) is 28.9 Å². The maximum atomic E-state index is 14.2. The highest BCUT2D eigenvalue weighted by atomic mass is 16.5. The fourth-order valence-electron chi connectivity index (χ4n) is 5.67. The number of amides is 1. The van der Waals surface area contributed by atoms with Gasteiger partial charge >= 0.3 is 0 Å². The maximum Gasteiger partial charge on any atom is 0.234 e. The first-order chi connectivity index (χ1) is 19.7. The molecule has 1 aromatic heterocycles. The summed E-state index contributed by atoms with van der Waals surface area (Å²) < 4.78 is 11.1. The number of aromatic nitrogens is 2. The van der Waals surface area contributed by atoms with Crippen LogP contribution in [0.15, 0.2) is 84.9 Å². The number of ether oxygens (including phenoxy) is 2. The predicted molar refractivity (Wildman–Crippen MR) is 155 cm³/mol. The molecular weight excluding hydrogens is 500 g/mol. The van der Waals surface area contributed by atoms with E-state index in [1.807, 2.05) is 83.8 Å². The van der Waals surface area contributed by atoms with Crippen molar-refractivity contribution in [3.05, 3.63) is 119 Å². The van der Waals surface area contributed by atoms with Crippen LogP contribution in [0.25, 0.3) is 0 Å². The molecule has 7 nitrogen and oxygen atoms in total. The number of carbonyl (C=O) groups is 1. The minimum absolute atomic E-state index is 0.108. The molecule has 0 unspecified atom stereocenters. The number of carbonyl (C=O) groups excluding carboxylic acids is 1. The van der Waals surface area contributed by atoms with Gasteiger partial charge in [-0.2, -0.15) is 0 Å². The Bertz CT molecular complexity index is 1420. The van der Waals surface area contributed by atoms with Crippen LogP contribution in [0, 0.1) is 0 Å². The summed E-state index contributed by atoms with van der Waals surface area (Å²) in [4.78, 5) is 28.6. The van der Waals surface area contributed by atoms with Crippen LogP contribution in [0.4, 0.5) is 5.82 Å². The Morgan fingerprint density at radius 2 is 1.60 bits per heavy atom. The minimum atomic E-state index is -0.357. The van der Waals surface area contributed by atoms with Crippen molar-refractivity contribution in [3.8, 4) is 5.75 Å². The molecule has 7 heteroatoms. The maximum absolute atomic E-state index is 14.2. The van der Waals surface area contributed by atoms with Gasteiger partial charge in [-0.05, 0) is 28.8 Å². The zero-order valence-corrected chi connectivity index (χ0v) is 22.8. The number of methoxy groups -OCH3 is 1. The molecule has 2 aliphatic rings. The van der Waals surface area contributed by atoms with Gasteiger partial charge in [0, 0.05) is 38.0 Å². The highest BCUT2D eigenvalue weighted by molar-refractivity contribution is 5.87. The monoisotopic (exact) mass is 534 g/mol. The molecule has 204 valence electrons. The summed E-state index contributed by atoms with van der Waals surface area (Å²) in [5.41, 5.74) is 5.20. The van der Waals surface area contributed by atoms with Crippen molar-refractivity contribution in [3.63, 3.8) is 0 Å². The summed E-state index contributed by atoms with van der Waals surface area (Å²) in [7, 11) is 1.68. The number of morpholine rings is 1. The van der Waals surface area contributed by atoms with Crippen LogP contribution in [-0.4, -0.2) is 60.7 Å². The van der Waals surface area contributed by atoms with E-state index in [1.54, 1.807) is 7.11 Å². The summed E-state index contributed by atoms with van der Waals surface area (Å²) in [6, 6.07) is 28.2. The topological polar surface area (TPSA) is 67.8 Å². The SMILES string of the molecule is COc1cccc(Cc2nc3c(c(N4CCOCC4)n2)CN(C(=O)C(c2ccccc2)c2ccccc2)CC3)c1. The van der Waals surface area contributed by atoms with E-state index in [-0.39, 0.29) is 11.8 Å². The molecule has 0 radical (unpaired) electrons. The van der Waals surface area contributed by atoms with Gasteiger partial charge < -0.3 is 19.3 Å². The predicted octanol–water partition coefficient (Wildman–Crippen LogP) is 4.63.